The van der Waals surface area contributed by atoms with E-state index in [-0.39, 0.29) is 10.6 Å². The van der Waals surface area contributed by atoms with Gasteiger partial charge in [-0.1, -0.05) is 0 Å². The Labute approximate surface area is 90.4 Å². The van der Waals surface area contributed by atoms with Gasteiger partial charge in [-0.15, -0.1) is 0 Å². The quantitative estimate of drug-likeness (QED) is 0.571. The Bertz CT molecular complexity index is 567. The molecule has 1 atom stereocenters. The molecule has 9 heteroatoms. The monoisotopic (exact) mass is 241 g/mol. The number of nitro benzene ring substituents is 2. The topological polar surface area (TPSA) is 116 Å². The standard InChI is InChI=1S/C7H3N3O5S/c11-9(12)4-1-5(10(13)14)7-6(2-4)16(15)3-8-7/h1-3H. The molecule has 1 heterocycles. The minimum absolute atomic E-state index is 0.000833. The summed E-state index contributed by atoms with van der Waals surface area (Å²) in [5.74, 6) is 0. The highest BCUT2D eigenvalue weighted by Gasteiger charge is 2.28. The zero-order valence-electron chi connectivity index (χ0n) is 7.52. The number of rotatable bonds is 2. The second-order valence-corrected chi connectivity index (χ2v) is 4.10. The Balaban J connectivity index is 2.74. The van der Waals surface area contributed by atoms with Crippen molar-refractivity contribution < 1.29 is 14.1 Å². The highest BCUT2D eigenvalue weighted by molar-refractivity contribution is 7.99. The van der Waals surface area contributed by atoms with Crippen LogP contribution >= 0.6 is 0 Å². The van der Waals surface area contributed by atoms with E-state index in [1.54, 1.807) is 0 Å². The molecule has 16 heavy (non-hydrogen) atoms. The molecule has 0 fully saturated rings. The first-order chi connectivity index (χ1) is 7.50. The summed E-state index contributed by atoms with van der Waals surface area (Å²) in [4.78, 5) is 23.2. The molecular formula is C7H3N3O5S. The van der Waals surface area contributed by atoms with Crippen molar-refractivity contribution in [2.75, 3.05) is 0 Å². The molecule has 0 aromatic heterocycles. The van der Waals surface area contributed by atoms with Gasteiger partial charge in [-0.25, -0.2) is 9.20 Å². The normalized spacial score (nSPS) is 17.1. The maximum Gasteiger partial charge on any atom is 0.302 e. The molecule has 0 saturated heterocycles. The average Bonchev–Trinajstić information content (AvgIpc) is 2.59. The molecule has 1 aromatic rings. The number of hydrogen-bond donors (Lipinski definition) is 0. The van der Waals surface area contributed by atoms with Crippen LogP contribution in [-0.2, 0) is 10.8 Å². The average molecular weight is 241 g/mol. The van der Waals surface area contributed by atoms with Crippen LogP contribution in [0.25, 0.3) is 0 Å². The third-order valence-corrected chi connectivity index (χ3v) is 2.98. The summed E-state index contributed by atoms with van der Waals surface area (Å²) in [6.07, 6.45) is 0. The van der Waals surface area contributed by atoms with Crippen LogP contribution in [-0.4, -0.2) is 19.6 Å². The zero-order valence-corrected chi connectivity index (χ0v) is 8.34. The lowest BCUT2D eigenvalue weighted by Crippen LogP contribution is -1.95. The third kappa shape index (κ3) is 1.46. The molecule has 0 amide bonds. The number of benzene rings is 1. The first-order valence-electron chi connectivity index (χ1n) is 3.92. The van der Waals surface area contributed by atoms with Crippen LogP contribution in [0.1, 0.15) is 0 Å². The molecule has 0 N–H and O–H groups in total. The number of nitro groups is 2. The fraction of sp³-hybridized carbons (Fsp3) is 0. The Hall–Kier alpha value is -2.16. The lowest BCUT2D eigenvalue weighted by Gasteiger charge is -1.98. The summed E-state index contributed by atoms with van der Waals surface area (Å²) in [5.41, 5.74) is -0.0361. The molecule has 8 nitrogen and oxygen atoms in total. The Morgan fingerprint density at radius 1 is 1.19 bits per heavy atom. The summed E-state index contributed by atoms with van der Waals surface area (Å²) in [6, 6.07) is 1.84. The van der Waals surface area contributed by atoms with Crippen LogP contribution in [0.15, 0.2) is 22.0 Å². The number of fused-ring (bicyclic) bond motifs is 1. The summed E-state index contributed by atoms with van der Waals surface area (Å²) < 4.78 is 11.3. The highest BCUT2D eigenvalue weighted by atomic mass is 32.2. The molecular weight excluding hydrogens is 238 g/mol. The smallest absolute Gasteiger partial charge is 0.258 e. The molecule has 0 spiro atoms. The van der Waals surface area contributed by atoms with Crippen LogP contribution in [0.4, 0.5) is 17.1 Å². The first kappa shape index (κ1) is 10.4. The van der Waals surface area contributed by atoms with Gasteiger partial charge in [-0.3, -0.25) is 20.2 Å². The molecule has 0 radical (unpaired) electrons. The van der Waals surface area contributed by atoms with Crippen molar-refractivity contribution >= 4 is 33.4 Å². The van der Waals surface area contributed by atoms with E-state index >= 15 is 0 Å². The van der Waals surface area contributed by atoms with Crippen LogP contribution in [0.5, 0.6) is 0 Å². The number of non-ortho nitro benzene ring substituents is 1. The largest absolute Gasteiger partial charge is 0.302 e. The summed E-state index contributed by atoms with van der Waals surface area (Å²) >= 11 is 0. The van der Waals surface area contributed by atoms with E-state index in [9.17, 15) is 24.4 Å². The minimum atomic E-state index is -1.65. The van der Waals surface area contributed by atoms with E-state index in [4.69, 9.17) is 0 Å². The predicted octanol–water partition coefficient (Wildman–Crippen LogP) is 1.28. The second kappa shape index (κ2) is 3.45. The molecule has 2 rings (SSSR count). The van der Waals surface area contributed by atoms with Gasteiger partial charge in [0.05, 0.1) is 37.2 Å². The maximum absolute atomic E-state index is 11.3. The summed E-state index contributed by atoms with van der Waals surface area (Å²) in [5, 5.41) is 21.2. The van der Waals surface area contributed by atoms with E-state index in [2.05, 4.69) is 4.99 Å². The van der Waals surface area contributed by atoms with Crippen molar-refractivity contribution in [1.82, 2.24) is 0 Å². The molecule has 1 aromatic carbocycles. The van der Waals surface area contributed by atoms with Gasteiger partial charge in [0, 0.05) is 6.07 Å². The minimum Gasteiger partial charge on any atom is -0.258 e. The lowest BCUT2D eigenvalue weighted by molar-refractivity contribution is -0.394. The molecule has 82 valence electrons. The maximum atomic E-state index is 11.3. The van der Waals surface area contributed by atoms with Gasteiger partial charge in [-0.2, -0.15) is 0 Å². The molecule has 0 aliphatic carbocycles. The molecule has 1 unspecified atom stereocenters. The molecule has 1 aliphatic heterocycles. The van der Waals surface area contributed by atoms with Gasteiger partial charge in [0.25, 0.3) is 5.69 Å². The van der Waals surface area contributed by atoms with Crippen molar-refractivity contribution in [3.05, 3.63) is 32.4 Å². The Morgan fingerprint density at radius 2 is 1.88 bits per heavy atom. The van der Waals surface area contributed by atoms with Gasteiger partial charge in [-0.05, 0) is 0 Å². The SMILES string of the molecule is O=[N+]([O-])c1cc([N+](=O)[O-])c2c(c1)S(=O)C=N2. The van der Waals surface area contributed by atoms with Crippen LogP contribution < -0.4 is 0 Å². The van der Waals surface area contributed by atoms with Crippen molar-refractivity contribution in [3.8, 4) is 0 Å². The van der Waals surface area contributed by atoms with Crippen molar-refractivity contribution in [3.63, 3.8) is 0 Å². The van der Waals surface area contributed by atoms with Crippen molar-refractivity contribution in [2.24, 2.45) is 4.99 Å². The van der Waals surface area contributed by atoms with Crippen molar-refractivity contribution in [2.45, 2.75) is 4.90 Å². The molecule has 0 bridgehead atoms. The van der Waals surface area contributed by atoms with Gasteiger partial charge in [0.15, 0.2) is 5.69 Å². The molecule has 1 aliphatic rings. The van der Waals surface area contributed by atoms with Crippen LogP contribution in [0.3, 0.4) is 0 Å². The number of aliphatic imine (C=N–C) groups is 1. The van der Waals surface area contributed by atoms with E-state index < -0.39 is 32.0 Å². The second-order valence-electron chi connectivity index (χ2n) is 2.86. The number of hydrogen-bond acceptors (Lipinski definition) is 6. The van der Waals surface area contributed by atoms with E-state index in [1.807, 2.05) is 0 Å². The fourth-order valence-electron chi connectivity index (χ4n) is 1.26. The Morgan fingerprint density at radius 3 is 2.44 bits per heavy atom. The van der Waals surface area contributed by atoms with Gasteiger partial charge >= 0.3 is 5.69 Å². The van der Waals surface area contributed by atoms with Crippen LogP contribution in [0, 0.1) is 20.2 Å². The van der Waals surface area contributed by atoms with Gasteiger partial charge in [0.1, 0.15) is 0 Å². The highest BCUT2D eigenvalue weighted by Crippen LogP contribution is 2.39. The Kier molecular flexibility index (Phi) is 2.23. The third-order valence-electron chi connectivity index (χ3n) is 1.94. The van der Waals surface area contributed by atoms with E-state index in [0.29, 0.717) is 0 Å². The van der Waals surface area contributed by atoms with E-state index in [0.717, 1.165) is 17.7 Å². The van der Waals surface area contributed by atoms with Gasteiger partial charge < -0.3 is 0 Å². The van der Waals surface area contributed by atoms with E-state index in [1.165, 1.54) is 0 Å². The first-order valence-corrected chi connectivity index (χ1v) is 5.13. The summed E-state index contributed by atoms with van der Waals surface area (Å²) in [6.45, 7) is 0. The molecule has 0 saturated carbocycles. The predicted molar refractivity (Wildman–Crippen MR) is 54.3 cm³/mol. The van der Waals surface area contributed by atoms with Crippen LogP contribution in [0.2, 0.25) is 0 Å². The lowest BCUT2D eigenvalue weighted by atomic mass is 10.2. The fourth-order valence-corrected chi connectivity index (χ4v) is 2.16. The summed E-state index contributed by atoms with van der Waals surface area (Å²) in [7, 11) is -1.65. The van der Waals surface area contributed by atoms with Gasteiger partial charge in [0.2, 0.25) is 0 Å². The zero-order chi connectivity index (χ0) is 11.9. The number of nitrogens with zero attached hydrogens (tertiary/aromatic N) is 3. The van der Waals surface area contributed by atoms with Crippen molar-refractivity contribution in [1.29, 1.82) is 0 Å².